The minimum absolute atomic E-state index is 0.0133. The van der Waals surface area contributed by atoms with E-state index in [0.29, 0.717) is 17.4 Å². The van der Waals surface area contributed by atoms with Gasteiger partial charge in [-0.25, -0.2) is 4.57 Å². The van der Waals surface area contributed by atoms with E-state index in [0.717, 1.165) is 154 Å². The van der Waals surface area contributed by atoms with Gasteiger partial charge in [0, 0.05) is 12.8 Å². The molecular formula is C82H131NO8P+. The van der Waals surface area contributed by atoms with Crippen LogP contribution < -0.4 is 0 Å². The summed E-state index contributed by atoms with van der Waals surface area (Å²) in [6, 6.07) is 0. The van der Waals surface area contributed by atoms with Crippen LogP contribution in [0.1, 0.15) is 245 Å². The van der Waals surface area contributed by atoms with Crippen molar-refractivity contribution in [2.24, 2.45) is 0 Å². The number of hydrogen-bond acceptors (Lipinski definition) is 7. The molecule has 1 N–H and O–H groups in total. The summed E-state index contributed by atoms with van der Waals surface area (Å²) < 4.78 is 34.7. The third-order valence-electron chi connectivity index (χ3n) is 14.3. The van der Waals surface area contributed by atoms with E-state index in [1.165, 1.54) is 57.8 Å². The Morgan fingerprint density at radius 2 is 0.587 bits per heavy atom. The monoisotopic (exact) mass is 1290 g/mol. The minimum Gasteiger partial charge on any atom is -0.462 e. The molecule has 0 bridgehead atoms. The van der Waals surface area contributed by atoms with Crippen molar-refractivity contribution in [2.75, 3.05) is 47.5 Å². The van der Waals surface area contributed by atoms with Crippen molar-refractivity contribution in [1.29, 1.82) is 0 Å². The summed E-state index contributed by atoms with van der Waals surface area (Å²) in [5.41, 5.74) is 0. The molecule has 0 saturated heterocycles. The largest absolute Gasteiger partial charge is 0.472 e. The van der Waals surface area contributed by atoms with Gasteiger partial charge in [-0.1, -0.05) is 291 Å². The molecule has 0 aliphatic rings. The molecular weight excluding hydrogens is 1160 g/mol. The quantitative estimate of drug-likeness (QED) is 0.0211. The van der Waals surface area contributed by atoms with Gasteiger partial charge < -0.3 is 18.9 Å². The molecule has 0 aromatic heterocycles. The maximum absolute atomic E-state index is 12.9. The van der Waals surface area contributed by atoms with Gasteiger partial charge in [0.1, 0.15) is 19.8 Å². The molecule has 0 aliphatic carbocycles. The fraction of sp³-hybridized carbons (Fsp3) is 0.561. The second kappa shape index (κ2) is 69.9. The minimum atomic E-state index is -4.42. The lowest BCUT2D eigenvalue weighted by Gasteiger charge is -2.24. The van der Waals surface area contributed by atoms with Crippen LogP contribution in [0.3, 0.4) is 0 Å². The lowest BCUT2D eigenvalue weighted by Crippen LogP contribution is -2.37. The first-order valence-corrected chi connectivity index (χ1v) is 37.3. The second-order valence-electron chi connectivity index (χ2n) is 24.2. The molecule has 9 nitrogen and oxygen atoms in total. The lowest BCUT2D eigenvalue weighted by atomic mass is 10.0. The number of rotatable bonds is 63. The summed E-state index contributed by atoms with van der Waals surface area (Å²) >= 11 is 0. The van der Waals surface area contributed by atoms with Crippen molar-refractivity contribution in [1.82, 2.24) is 0 Å². The van der Waals surface area contributed by atoms with E-state index in [1.54, 1.807) is 0 Å². The zero-order valence-corrected chi connectivity index (χ0v) is 59.6. The van der Waals surface area contributed by atoms with E-state index >= 15 is 0 Å². The van der Waals surface area contributed by atoms with Crippen molar-refractivity contribution in [3.05, 3.63) is 207 Å². The average molecular weight is 1290 g/mol. The summed E-state index contributed by atoms with van der Waals surface area (Å²) in [5, 5.41) is 0. The van der Waals surface area contributed by atoms with Crippen LogP contribution in [0.15, 0.2) is 207 Å². The smallest absolute Gasteiger partial charge is 0.462 e. The summed E-state index contributed by atoms with van der Waals surface area (Å²) in [7, 11) is 1.42. The molecule has 2 unspecified atom stereocenters. The molecule has 0 rings (SSSR count). The Balaban J connectivity index is 4.18. The van der Waals surface area contributed by atoms with E-state index in [9.17, 15) is 19.0 Å². The zero-order chi connectivity index (χ0) is 66.9. The number of quaternary nitrogens is 1. The number of phosphoric acid groups is 1. The Bertz CT molecular complexity index is 2310. The number of unbranched alkanes of at least 4 members (excludes halogenated alkanes) is 15. The highest BCUT2D eigenvalue weighted by Gasteiger charge is 2.27. The van der Waals surface area contributed by atoms with E-state index in [4.69, 9.17) is 18.5 Å². The Hall–Kier alpha value is -5.41. The molecule has 92 heavy (non-hydrogen) atoms. The third-order valence-corrected chi connectivity index (χ3v) is 15.3. The van der Waals surface area contributed by atoms with Crippen molar-refractivity contribution in [3.8, 4) is 0 Å². The van der Waals surface area contributed by atoms with Crippen LogP contribution in [0.25, 0.3) is 0 Å². The first kappa shape index (κ1) is 86.6. The average Bonchev–Trinajstić information content (AvgIpc) is 2.14. The van der Waals surface area contributed by atoms with E-state index < -0.39 is 26.5 Å². The molecule has 0 aliphatic heterocycles. The number of allylic oxidation sites excluding steroid dienone is 34. The molecule has 0 spiro atoms. The van der Waals surface area contributed by atoms with Gasteiger partial charge >= 0.3 is 19.8 Å². The van der Waals surface area contributed by atoms with Crippen LogP contribution in [-0.2, 0) is 32.7 Å². The molecule has 0 saturated carbocycles. The first-order valence-electron chi connectivity index (χ1n) is 35.8. The van der Waals surface area contributed by atoms with Gasteiger partial charge in [-0.05, 0) is 148 Å². The maximum Gasteiger partial charge on any atom is 0.472 e. The summed E-state index contributed by atoms with van der Waals surface area (Å²) in [6.45, 7) is 4.14. The van der Waals surface area contributed by atoms with Crippen LogP contribution >= 0.6 is 7.82 Å². The molecule has 0 amide bonds. The normalized spacial score (nSPS) is 14.4. The van der Waals surface area contributed by atoms with Crippen molar-refractivity contribution < 1.29 is 42.1 Å². The van der Waals surface area contributed by atoms with Crippen molar-refractivity contribution in [3.63, 3.8) is 0 Å². The van der Waals surface area contributed by atoms with Gasteiger partial charge in [0.15, 0.2) is 6.10 Å². The molecule has 0 aromatic carbocycles. The Morgan fingerprint density at radius 1 is 0.337 bits per heavy atom. The predicted octanol–water partition coefficient (Wildman–Crippen LogP) is 23.8. The lowest BCUT2D eigenvalue weighted by molar-refractivity contribution is -0.870. The van der Waals surface area contributed by atoms with Crippen LogP contribution in [0.5, 0.6) is 0 Å². The molecule has 0 aromatic rings. The van der Waals surface area contributed by atoms with Crippen LogP contribution in [0.2, 0.25) is 0 Å². The summed E-state index contributed by atoms with van der Waals surface area (Å²) in [4.78, 5) is 35.9. The topological polar surface area (TPSA) is 108 Å². The van der Waals surface area contributed by atoms with Gasteiger partial charge in [0.2, 0.25) is 0 Å². The number of nitrogens with zero attached hydrogens (tertiary/aromatic N) is 1. The fourth-order valence-corrected chi connectivity index (χ4v) is 9.65. The third kappa shape index (κ3) is 73.6. The fourth-order valence-electron chi connectivity index (χ4n) is 8.91. The van der Waals surface area contributed by atoms with E-state index in [2.05, 4.69) is 220 Å². The first-order chi connectivity index (χ1) is 45.0. The number of carbonyl (C=O) groups is 2. The number of likely N-dealkylation sites (N-methyl/N-ethyl adjacent to an activating group) is 1. The molecule has 516 valence electrons. The molecule has 10 heteroatoms. The van der Waals surface area contributed by atoms with Crippen LogP contribution in [0, 0.1) is 0 Å². The number of hydrogen-bond donors (Lipinski definition) is 1. The van der Waals surface area contributed by atoms with Crippen LogP contribution in [-0.4, -0.2) is 74.9 Å². The highest BCUT2D eigenvalue weighted by molar-refractivity contribution is 7.47. The van der Waals surface area contributed by atoms with Gasteiger partial charge in [0.25, 0.3) is 0 Å². The van der Waals surface area contributed by atoms with Crippen molar-refractivity contribution >= 4 is 19.8 Å². The van der Waals surface area contributed by atoms with E-state index in [1.807, 2.05) is 21.1 Å². The van der Waals surface area contributed by atoms with Gasteiger partial charge in [-0.2, -0.15) is 0 Å². The van der Waals surface area contributed by atoms with Crippen LogP contribution in [0.4, 0.5) is 0 Å². The standard InChI is InChI=1S/C82H130NO8P/c1-6-8-10-12-14-16-18-20-22-24-26-28-30-32-34-36-38-39-40-41-42-43-45-46-48-50-52-54-56-58-60-62-64-66-68-70-72-74-81(84)88-78-80(79-90-92(86,87)89-77-76-83(3,4)5)91-82(85)75-73-71-69-67-65-63-61-59-57-55-53-51-49-47-44-37-35-33-31-29-27-25-23-21-19-17-15-13-11-9-7-2/h8-11,14-17,20-23,26-29,32-35,38-39,41-42,44-47,51,53,57,59,63,65,80H,6-7,12-13,18-19,24-25,30-31,36-37,40,43,48-50,52,54-56,58,60-62,64,66-79H2,1-5H3/p+1/b10-8-,11-9-,16-14-,17-15-,22-20-,23-21-,28-26-,29-27-,34-32-,35-33-,39-38-,42-41-,46-45-,47-44-,53-51-,59-57-,65-63-. The van der Waals surface area contributed by atoms with Gasteiger partial charge in [-0.3, -0.25) is 18.6 Å². The number of esters is 2. The SMILES string of the molecule is CC/C=C\C/C=C\C/C=C\C/C=C\C/C=C\C/C=C\C/C=C\C/C=C\C/C=C\CCCCCC(=O)OC(COC(=O)CCCCCCCCCCCCCC/C=C\C/C=C\C/C=C\C/C=C\C/C=C\C/C=C\C/C=C\C/C=C\CC)COP(=O)(O)OCC[N+](C)(C)C. The Morgan fingerprint density at radius 3 is 0.880 bits per heavy atom. The maximum atomic E-state index is 12.9. The van der Waals surface area contributed by atoms with Crippen molar-refractivity contribution in [2.45, 2.75) is 251 Å². The van der Waals surface area contributed by atoms with Gasteiger partial charge in [0.05, 0.1) is 27.7 Å². The summed E-state index contributed by atoms with van der Waals surface area (Å²) in [5.74, 6) is -0.852. The van der Waals surface area contributed by atoms with E-state index in [-0.39, 0.29) is 32.0 Å². The summed E-state index contributed by atoms with van der Waals surface area (Å²) in [6.07, 6.45) is 111. The predicted molar refractivity (Wildman–Crippen MR) is 398 cm³/mol. The number of phosphoric ester groups is 1. The Kier molecular flexibility index (Phi) is 65.8. The highest BCUT2D eigenvalue weighted by Crippen LogP contribution is 2.43. The molecule has 0 fully saturated rings. The molecule has 2 atom stereocenters. The highest BCUT2D eigenvalue weighted by atomic mass is 31.2. The number of ether oxygens (including phenoxy) is 2. The Labute approximate surface area is 564 Å². The zero-order valence-electron chi connectivity index (χ0n) is 58.7. The molecule has 0 radical (unpaired) electrons. The van der Waals surface area contributed by atoms with Gasteiger partial charge in [-0.15, -0.1) is 0 Å². The number of carbonyl (C=O) groups excluding carboxylic acids is 2. The molecule has 0 heterocycles. The second-order valence-corrected chi connectivity index (χ2v) is 25.6.